The summed E-state index contributed by atoms with van der Waals surface area (Å²) < 4.78 is 16.2. The summed E-state index contributed by atoms with van der Waals surface area (Å²) in [7, 11) is 0. The van der Waals surface area contributed by atoms with Crippen LogP contribution in [0.1, 0.15) is 64.9 Å². The van der Waals surface area contributed by atoms with Gasteiger partial charge in [-0.15, -0.1) is 0 Å². The summed E-state index contributed by atoms with van der Waals surface area (Å²) in [5.74, 6) is -1.81. The van der Waals surface area contributed by atoms with Crippen molar-refractivity contribution < 1.29 is 33.4 Å². The molecule has 1 heterocycles. The standard InChI is InChI=1S/C34H38N2O7/c1-22-11-16-28(23(2)17-22)31(38)41-20-25-12-14-26(15-13-25)29(19-35-32(39)43-34(3,4)5)30(37)36-27(21-42-33(36)40)18-24-9-7-6-8-10-24/h6-17,27,29H,18-21H2,1-5H3,(H,35,39)/t27-,29-/m0/s1. The van der Waals surface area contributed by atoms with Crippen LogP contribution in [0.4, 0.5) is 9.59 Å². The molecule has 4 rings (SSSR count). The summed E-state index contributed by atoms with van der Waals surface area (Å²) in [5, 5.41) is 2.67. The van der Waals surface area contributed by atoms with Gasteiger partial charge in [-0.2, -0.15) is 0 Å². The Morgan fingerprint density at radius 3 is 2.33 bits per heavy atom. The molecule has 1 N–H and O–H groups in total. The van der Waals surface area contributed by atoms with E-state index in [0.717, 1.165) is 27.2 Å². The third-order valence-electron chi connectivity index (χ3n) is 7.01. The van der Waals surface area contributed by atoms with Crippen LogP contribution in [0.2, 0.25) is 0 Å². The molecule has 0 saturated carbocycles. The molecule has 0 aliphatic carbocycles. The second kappa shape index (κ2) is 13.5. The highest BCUT2D eigenvalue weighted by molar-refractivity contribution is 5.97. The molecule has 3 amide bonds. The molecule has 0 spiro atoms. The zero-order valence-electron chi connectivity index (χ0n) is 25.2. The average Bonchev–Trinajstić information content (AvgIpc) is 3.31. The molecule has 3 aromatic rings. The van der Waals surface area contributed by atoms with Crippen LogP contribution in [0, 0.1) is 13.8 Å². The molecule has 3 aromatic carbocycles. The van der Waals surface area contributed by atoms with Gasteiger partial charge < -0.3 is 19.5 Å². The van der Waals surface area contributed by atoms with Gasteiger partial charge in [-0.1, -0.05) is 72.3 Å². The molecule has 0 bridgehead atoms. The number of carbonyl (C=O) groups is 4. The van der Waals surface area contributed by atoms with E-state index in [1.165, 1.54) is 0 Å². The third kappa shape index (κ3) is 8.44. The molecule has 226 valence electrons. The van der Waals surface area contributed by atoms with Crippen molar-refractivity contribution in [3.05, 3.63) is 106 Å². The summed E-state index contributed by atoms with van der Waals surface area (Å²) in [4.78, 5) is 52.9. The summed E-state index contributed by atoms with van der Waals surface area (Å²) in [5.41, 5.74) is 3.93. The van der Waals surface area contributed by atoms with Crippen molar-refractivity contribution >= 4 is 24.1 Å². The Labute approximate surface area is 252 Å². The maximum Gasteiger partial charge on any atom is 0.417 e. The van der Waals surface area contributed by atoms with Gasteiger partial charge in [0.1, 0.15) is 18.8 Å². The Balaban J connectivity index is 1.51. The maximum absolute atomic E-state index is 13.9. The number of nitrogens with one attached hydrogen (secondary N) is 1. The smallest absolute Gasteiger partial charge is 0.417 e. The van der Waals surface area contributed by atoms with E-state index in [1.807, 2.05) is 56.3 Å². The predicted molar refractivity (Wildman–Crippen MR) is 161 cm³/mol. The molecular weight excluding hydrogens is 548 g/mol. The van der Waals surface area contributed by atoms with Crippen molar-refractivity contribution in [1.29, 1.82) is 0 Å². The van der Waals surface area contributed by atoms with Crippen molar-refractivity contribution in [2.75, 3.05) is 13.2 Å². The van der Waals surface area contributed by atoms with Gasteiger partial charge in [-0.3, -0.25) is 4.79 Å². The first-order valence-electron chi connectivity index (χ1n) is 14.2. The van der Waals surface area contributed by atoms with E-state index < -0.39 is 41.6 Å². The number of hydrogen-bond donors (Lipinski definition) is 1. The predicted octanol–water partition coefficient (Wildman–Crippen LogP) is 5.86. The molecule has 2 atom stereocenters. The molecule has 0 radical (unpaired) electrons. The minimum Gasteiger partial charge on any atom is -0.457 e. The van der Waals surface area contributed by atoms with E-state index in [2.05, 4.69) is 5.32 Å². The van der Waals surface area contributed by atoms with Crippen LogP contribution >= 0.6 is 0 Å². The Bertz CT molecular complexity index is 1460. The van der Waals surface area contributed by atoms with Crippen molar-refractivity contribution in [2.45, 2.75) is 65.2 Å². The third-order valence-corrected chi connectivity index (χ3v) is 7.01. The molecular formula is C34H38N2O7. The Morgan fingerprint density at radius 1 is 0.977 bits per heavy atom. The van der Waals surface area contributed by atoms with Crippen LogP contribution < -0.4 is 5.32 Å². The van der Waals surface area contributed by atoms with Gasteiger partial charge >= 0.3 is 18.2 Å². The van der Waals surface area contributed by atoms with Gasteiger partial charge in [0.05, 0.1) is 17.5 Å². The second-order valence-electron chi connectivity index (χ2n) is 11.7. The summed E-state index contributed by atoms with van der Waals surface area (Å²) in [6.45, 7) is 9.08. The normalized spacial score (nSPS) is 15.4. The van der Waals surface area contributed by atoms with Gasteiger partial charge in [-0.25, -0.2) is 19.3 Å². The summed E-state index contributed by atoms with van der Waals surface area (Å²) >= 11 is 0. The molecule has 9 nitrogen and oxygen atoms in total. The number of ether oxygens (including phenoxy) is 3. The molecule has 1 fully saturated rings. The van der Waals surface area contributed by atoms with E-state index in [-0.39, 0.29) is 19.8 Å². The van der Waals surface area contributed by atoms with Gasteiger partial charge in [0, 0.05) is 6.54 Å². The van der Waals surface area contributed by atoms with Crippen LogP contribution in [-0.4, -0.2) is 53.8 Å². The van der Waals surface area contributed by atoms with Gasteiger partial charge in [-0.05, 0) is 69.4 Å². The molecule has 0 unspecified atom stereocenters. The SMILES string of the molecule is Cc1ccc(C(=O)OCc2ccc([C@H](CNC(=O)OC(C)(C)C)C(=O)N3C(=O)OC[C@@H]3Cc3ccccc3)cc2)c(C)c1. The molecule has 43 heavy (non-hydrogen) atoms. The number of nitrogens with zero attached hydrogens (tertiary/aromatic N) is 1. The molecule has 9 heteroatoms. The summed E-state index contributed by atoms with van der Waals surface area (Å²) in [6, 6.07) is 21.6. The average molecular weight is 587 g/mol. The lowest BCUT2D eigenvalue weighted by Crippen LogP contribution is -2.46. The van der Waals surface area contributed by atoms with E-state index in [0.29, 0.717) is 17.5 Å². The molecule has 1 aliphatic heterocycles. The van der Waals surface area contributed by atoms with Crippen LogP contribution in [0.15, 0.2) is 72.8 Å². The van der Waals surface area contributed by atoms with Crippen molar-refractivity contribution in [1.82, 2.24) is 10.2 Å². The first-order valence-corrected chi connectivity index (χ1v) is 14.2. The summed E-state index contributed by atoms with van der Waals surface area (Å²) in [6.07, 6.45) is -0.955. The first-order chi connectivity index (χ1) is 20.4. The Hall–Kier alpha value is -4.66. The van der Waals surface area contributed by atoms with Crippen molar-refractivity contribution in [3.63, 3.8) is 0 Å². The Morgan fingerprint density at radius 2 is 1.67 bits per heavy atom. The first kappa shape index (κ1) is 31.3. The fourth-order valence-corrected chi connectivity index (χ4v) is 4.90. The number of benzene rings is 3. The quantitative estimate of drug-likeness (QED) is 0.247. The number of carbonyl (C=O) groups excluding carboxylic acids is 4. The molecule has 1 saturated heterocycles. The fraction of sp³-hybridized carbons (Fsp3) is 0.353. The molecule has 1 aliphatic rings. The number of rotatable bonds is 9. The Kier molecular flexibility index (Phi) is 9.85. The van der Waals surface area contributed by atoms with Crippen molar-refractivity contribution in [3.8, 4) is 0 Å². The van der Waals surface area contributed by atoms with E-state index in [4.69, 9.17) is 14.2 Å². The van der Waals surface area contributed by atoms with Crippen LogP contribution in [-0.2, 0) is 32.0 Å². The lowest BCUT2D eigenvalue weighted by atomic mass is 9.95. The number of hydrogen-bond acceptors (Lipinski definition) is 7. The minimum absolute atomic E-state index is 0.0405. The van der Waals surface area contributed by atoms with Crippen LogP contribution in [0.3, 0.4) is 0 Å². The second-order valence-corrected chi connectivity index (χ2v) is 11.7. The minimum atomic E-state index is -0.900. The van der Waals surface area contributed by atoms with Crippen LogP contribution in [0.5, 0.6) is 0 Å². The van der Waals surface area contributed by atoms with Gasteiger partial charge in [0.15, 0.2) is 0 Å². The van der Waals surface area contributed by atoms with Gasteiger partial charge in [0.25, 0.3) is 0 Å². The van der Waals surface area contributed by atoms with E-state index in [1.54, 1.807) is 51.1 Å². The topological polar surface area (TPSA) is 111 Å². The zero-order valence-corrected chi connectivity index (χ0v) is 25.2. The number of alkyl carbamates (subject to hydrolysis) is 1. The maximum atomic E-state index is 13.9. The highest BCUT2D eigenvalue weighted by Crippen LogP contribution is 2.26. The van der Waals surface area contributed by atoms with Crippen LogP contribution in [0.25, 0.3) is 0 Å². The largest absolute Gasteiger partial charge is 0.457 e. The number of cyclic esters (lactones) is 1. The highest BCUT2D eigenvalue weighted by Gasteiger charge is 2.41. The van der Waals surface area contributed by atoms with E-state index >= 15 is 0 Å². The number of amides is 3. The lowest BCUT2D eigenvalue weighted by Gasteiger charge is -2.26. The fourth-order valence-electron chi connectivity index (χ4n) is 4.90. The number of imide groups is 1. The van der Waals surface area contributed by atoms with E-state index in [9.17, 15) is 19.2 Å². The number of esters is 1. The monoisotopic (exact) mass is 586 g/mol. The van der Waals surface area contributed by atoms with Crippen molar-refractivity contribution in [2.24, 2.45) is 0 Å². The lowest BCUT2D eigenvalue weighted by molar-refractivity contribution is -0.130. The molecule has 0 aromatic heterocycles. The van der Waals surface area contributed by atoms with Gasteiger partial charge in [0.2, 0.25) is 5.91 Å². The number of aryl methyl sites for hydroxylation is 2. The zero-order chi connectivity index (χ0) is 31.1. The highest BCUT2D eigenvalue weighted by atomic mass is 16.6.